The first kappa shape index (κ1) is 21.6. The molecule has 0 unspecified atom stereocenters. The van der Waals surface area contributed by atoms with Crippen molar-refractivity contribution < 1.29 is 8.42 Å². The van der Waals surface area contributed by atoms with Crippen molar-refractivity contribution in [1.29, 1.82) is 0 Å². The van der Waals surface area contributed by atoms with E-state index in [1.807, 2.05) is 26.1 Å². The molecule has 4 aromatic rings. The van der Waals surface area contributed by atoms with Crippen molar-refractivity contribution >= 4 is 32.1 Å². The maximum atomic E-state index is 13.4. The largest absolute Gasteiger partial charge is 0.371 e. The van der Waals surface area contributed by atoms with Crippen molar-refractivity contribution in [3.63, 3.8) is 0 Å². The predicted octanol–water partition coefficient (Wildman–Crippen LogP) is 2.21. The fraction of sp³-hybridized carbons (Fsp3) is 0.348. The first-order chi connectivity index (χ1) is 15.8. The van der Waals surface area contributed by atoms with Gasteiger partial charge in [-0.25, -0.2) is 8.42 Å². The molecule has 10 heteroatoms. The van der Waals surface area contributed by atoms with Crippen LogP contribution in [0.3, 0.4) is 0 Å². The summed E-state index contributed by atoms with van der Waals surface area (Å²) in [6.07, 6.45) is 2.06. The van der Waals surface area contributed by atoms with Crippen LogP contribution in [0.2, 0.25) is 0 Å². The maximum absolute atomic E-state index is 13.4. The summed E-state index contributed by atoms with van der Waals surface area (Å²) in [4.78, 5) is 17.9. The van der Waals surface area contributed by atoms with Gasteiger partial charge in [0.25, 0.3) is 5.56 Å². The second kappa shape index (κ2) is 7.96. The Kier molecular flexibility index (Phi) is 5.21. The number of hydrogen-bond acceptors (Lipinski definition) is 7. The predicted molar refractivity (Wildman–Crippen MR) is 127 cm³/mol. The second-order valence-electron chi connectivity index (χ2n) is 8.63. The van der Waals surface area contributed by atoms with Gasteiger partial charge in [0.15, 0.2) is 5.65 Å². The van der Waals surface area contributed by atoms with Crippen LogP contribution < -0.4 is 15.8 Å². The molecule has 5 rings (SSSR count). The lowest BCUT2D eigenvalue weighted by Gasteiger charge is -2.33. The summed E-state index contributed by atoms with van der Waals surface area (Å²) in [5.41, 5.74) is 2.77. The molecule has 0 atom stereocenters. The number of anilines is 1. The van der Waals surface area contributed by atoms with Gasteiger partial charge in [0.2, 0.25) is 14.9 Å². The Morgan fingerprint density at radius 1 is 1.09 bits per heavy atom. The minimum absolute atomic E-state index is 0.0681. The molecular formula is C23H26N6O3S. The zero-order valence-electron chi connectivity index (χ0n) is 18.8. The average Bonchev–Trinajstić information content (AvgIpc) is 3.23. The van der Waals surface area contributed by atoms with E-state index in [0.29, 0.717) is 22.5 Å². The third kappa shape index (κ3) is 3.59. The number of benzene rings is 2. The van der Waals surface area contributed by atoms with Crippen LogP contribution in [-0.4, -0.2) is 54.4 Å². The lowest BCUT2D eigenvalue weighted by Crippen LogP contribution is -2.41. The van der Waals surface area contributed by atoms with E-state index in [1.54, 1.807) is 31.2 Å². The van der Waals surface area contributed by atoms with Gasteiger partial charge in [-0.05, 0) is 63.6 Å². The van der Waals surface area contributed by atoms with Crippen LogP contribution >= 0.6 is 0 Å². The number of rotatable bonds is 4. The monoisotopic (exact) mass is 466 g/mol. The van der Waals surface area contributed by atoms with Crippen LogP contribution in [0.5, 0.6) is 0 Å². The highest BCUT2D eigenvalue weighted by molar-refractivity contribution is 7.91. The molecule has 0 amide bonds. The van der Waals surface area contributed by atoms with Gasteiger partial charge in [0, 0.05) is 24.8 Å². The van der Waals surface area contributed by atoms with Crippen molar-refractivity contribution in [2.45, 2.75) is 42.7 Å². The maximum Gasteiger partial charge on any atom is 0.259 e. The number of piperidine rings is 1. The van der Waals surface area contributed by atoms with Crippen LogP contribution in [0.25, 0.3) is 16.6 Å². The van der Waals surface area contributed by atoms with Crippen molar-refractivity contribution in [3.05, 3.63) is 57.9 Å². The lowest BCUT2D eigenvalue weighted by atomic mass is 10.0. The summed E-state index contributed by atoms with van der Waals surface area (Å²) in [7, 11) is -2.00. The van der Waals surface area contributed by atoms with E-state index < -0.39 is 9.84 Å². The first-order valence-electron chi connectivity index (χ1n) is 11.0. The standard InChI is InChI=1S/C23H26N6O3S/c1-14-4-7-20(15(2)12-14)33(31,32)23-21-25-22(30)18-6-5-17(13-19(18)29(21)27-26-23)28-10-8-16(24-3)9-11-28/h4-7,12-13,16,24H,8-11H2,1-3H3,(H,25,30). The van der Waals surface area contributed by atoms with E-state index in [1.165, 1.54) is 4.52 Å². The quantitative estimate of drug-likeness (QED) is 0.474. The third-order valence-electron chi connectivity index (χ3n) is 6.47. The summed E-state index contributed by atoms with van der Waals surface area (Å²) in [5.74, 6) is 0. The number of sulfone groups is 1. The highest BCUT2D eigenvalue weighted by Crippen LogP contribution is 2.28. The van der Waals surface area contributed by atoms with Gasteiger partial charge in [-0.3, -0.25) is 4.79 Å². The van der Waals surface area contributed by atoms with E-state index >= 15 is 0 Å². The van der Waals surface area contributed by atoms with Crippen molar-refractivity contribution in [1.82, 2.24) is 25.1 Å². The molecular weight excluding hydrogens is 440 g/mol. The number of H-pyrrole nitrogens is 1. The summed E-state index contributed by atoms with van der Waals surface area (Å²) < 4.78 is 28.2. The molecule has 1 fully saturated rings. The van der Waals surface area contributed by atoms with E-state index in [-0.39, 0.29) is 21.1 Å². The molecule has 1 aliphatic heterocycles. The molecule has 0 bridgehead atoms. The number of fused-ring (bicyclic) bond motifs is 3. The lowest BCUT2D eigenvalue weighted by molar-refractivity contribution is 0.442. The van der Waals surface area contributed by atoms with E-state index in [4.69, 9.17) is 0 Å². The highest BCUT2D eigenvalue weighted by atomic mass is 32.2. The Hall–Kier alpha value is -3.24. The molecule has 172 valence electrons. The molecule has 1 saturated heterocycles. The topological polar surface area (TPSA) is 112 Å². The molecule has 2 aromatic carbocycles. The minimum Gasteiger partial charge on any atom is -0.371 e. The van der Waals surface area contributed by atoms with Crippen LogP contribution in [0.1, 0.15) is 24.0 Å². The zero-order chi connectivity index (χ0) is 23.3. The second-order valence-corrected chi connectivity index (χ2v) is 10.5. The fourth-order valence-corrected chi connectivity index (χ4v) is 6.09. The van der Waals surface area contributed by atoms with E-state index in [2.05, 4.69) is 25.5 Å². The van der Waals surface area contributed by atoms with Gasteiger partial charge in [-0.2, -0.15) is 4.52 Å². The molecule has 0 saturated carbocycles. The minimum atomic E-state index is -3.98. The van der Waals surface area contributed by atoms with Crippen molar-refractivity contribution in [3.8, 4) is 0 Å². The Balaban J connectivity index is 1.64. The fourth-order valence-electron chi connectivity index (χ4n) is 4.61. The molecule has 0 aliphatic carbocycles. The molecule has 1 aliphatic rings. The molecule has 0 radical (unpaired) electrons. The van der Waals surface area contributed by atoms with Crippen LogP contribution in [0.4, 0.5) is 5.69 Å². The normalized spacial score (nSPS) is 15.5. The summed E-state index contributed by atoms with van der Waals surface area (Å²) in [5, 5.41) is 11.6. The number of aromatic amines is 1. The van der Waals surface area contributed by atoms with Crippen LogP contribution in [0, 0.1) is 13.8 Å². The smallest absolute Gasteiger partial charge is 0.259 e. The van der Waals surface area contributed by atoms with E-state index in [0.717, 1.165) is 37.2 Å². The van der Waals surface area contributed by atoms with Crippen LogP contribution in [0.15, 0.2) is 51.1 Å². The Bertz CT molecular complexity index is 1530. The summed E-state index contributed by atoms with van der Waals surface area (Å²) in [6.45, 7) is 5.44. The molecule has 3 heterocycles. The number of aromatic nitrogens is 4. The highest BCUT2D eigenvalue weighted by Gasteiger charge is 2.28. The Morgan fingerprint density at radius 2 is 1.85 bits per heavy atom. The zero-order valence-corrected chi connectivity index (χ0v) is 19.6. The number of nitrogens with zero attached hydrogens (tertiary/aromatic N) is 4. The van der Waals surface area contributed by atoms with Gasteiger partial charge in [0.05, 0.1) is 15.8 Å². The molecule has 2 N–H and O–H groups in total. The SMILES string of the molecule is CNC1CCN(c2ccc3c(=O)[nH]c4c(S(=O)(=O)c5ccc(C)cc5C)nnn4c3c2)CC1. The van der Waals surface area contributed by atoms with Gasteiger partial charge < -0.3 is 15.2 Å². The van der Waals surface area contributed by atoms with Gasteiger partial charge in [-0.15, -0.1) is 5.10 Å². The summed E-state index contributed by atoms with van der Waals surface area (Å²) >= 11 is 0. The molecule has 2 aromatic heterocycles. The molecule has 0 spiro atoms. The van der Waals surface area contributed by atoms with E-state index in [9.17, 15) is 13.2 Å². The number of aryl methyl sites for hydroxylation is 2. The van der Waals surface area contributed by atoms with Gasteiger partial charge in [0.1, 0.15) is 0 Å². The third-order valence-corrected chi connectivity index (χ3v) is 8.29. The van der Waals surface area contributed by atoms with Gasteiger partial charge >= 0.3 is 0 Å². The number of hydrogen-bond donors (Lipinski definition) is 2. The van der Waals surface area contributed by atoms with Crippen molar-refractivity contribution in [2.24, 2.45) is 0 Å². The summed E-state index contributed by atoms with van der Waals surface area (Å²) in [6, 6.07) is 11.2. The number of nitrogens with one attached hydrogen (secondary N) is 2. The van der Waals surface area contributed by atoms with Crippen LogP contribution in [-0.2, 0) is 9.84 Å². The average molecular weight is 467 g/mol. The van der Waals surface area contributed by atoms with Crippen molar-refractivity contribution in [2.75, 3.05) is 25.0 Å². The Morgan fingerprint density at radius 3 is 2.55 bits per heavy atom. The Labute approximate surface area is 191 Å². The molecule has 9 nitrogen and oxygen atoms in total. The molecule has 33 heavy (non-hydrogen) atoms. The van der Waals surface area contributed by atoms with Gasteiger partial charge in [-0.1, -0.05) is 22.9 Å². The first-order valence-corrected chi connectivity index (χ1v) is 12.4.